The summed E-state index contributed by atoms with van der Waals surface area (Å²) in [7, 11) is -2.61. The Morgan fingerprint density at radius 3 is 2.47 bits per heavy atom. The fourth-order valence-electron chi connectivity index (χ4n) is 2.97. The normalized spacial score (nSPS) is 11.4. The van der Waals surface area contributed by atoms with Gasteiger partial charge in [0.15, 0.2) is 0 Å². The molecule has 0 saturated carbocycles. The third-order valence-corrected chi connectivity index (χ3v) is 7.46. The van der Waals surface area contributed by atoms with Crippen molar-refractivity contribution in [2.24, 2.45) is 5.10 Å². The van der Waals surface area contributed by atoms with E-state index in [2.05, 4.69) is 26.5 Å². The van der Waals surface area contributed by atoms with Crippen LogP contribution in [0.2, 0.25) is 10.0 Å². The molecule has 3 rings (SSSR count). The fraction of sp³-hybridized carbons (Fsp3) is 0.130. The molecule has 0 aliphatic heterocycles. The van der Waals surface area contributed by atoms with Gasteiger partial charge in [0.1, 0.15) is 12.3 Å². The van der Waals surface area contributed by atoms with Crippen LogP contribution in [0.15, 0.2) is 75.1 Å². The van der Waals surface area contributed by atoms with E-state index in [0.29, 0.717) is 16.3 Å². The van der Waals surface area contributed by atoms with Gasteiger partial charge in [-0.25, -0.2) is 13.8 Å². The lowest BCUT2D eigenvalue weighted by Gasteiger charge is -2.24. The highest BCUT2D eigenvalue weighted by atomic mass is 79.9. The number of halogens is 3. The monoisotopic (exact) mass is 583 g/mol. The summed E-state index contributed by atoms with van der Waals surface area (Å²) >= 11 is 15.6. The zero-order valence-corrected chi connectivity index (χ0v) is 22.0. The third-order valence-electron chi connectivity index (χ3n) is 4.66. The zero-order valence-electron chi connectivity index (χ0n) is 18.1. The number of carbonyl (C=O) groups is 1. The molecule has 7 nitrogen and oxygen atoms in total. The topological polar surface area (TPSA) is 88.1 Å². The number of hydrogen-bond donors (Lipinski definition) is 1. The number of amides is 1. The molecular weight excluding hydrogens is 565 g/mol. The molecule has 178 valence electrons. The lowest BCUT2D eigenvalue weighted by atomic mass is 10.2. The Morgan fingerprint density at radius 1 is 1.12 bits per heavy atom. The van der Waals surface area contributed by atoms with Gasteiger partial charge in [-0.05, 0) is 55.5 Å². The van der Waals surface area contributed by atoms with Gasteiger partial charge in [-0.3, -0.25) is 9.10 Å². The van der Waals surface area contributed by atoms with E-state index in [9.17, 15) is 13.2 Å². The van der Waals surface area contributed by atoms with Crippen LogP contribution in [-0.4, -0.2) is 34.2 Å². The Hall–Kier alpha value is -2.59. The SMILES string of the molecule is COc1ccc(Br)cc1/C=N/NC(=O)CN(c1ccc(Cl)cc1Cl)S(=O)(=O)c1ccc(C)cc1. The minimum Gasteiger partial charge on any atom is -0.496 e. The van der Waals surface area contributed by atoms with E-state index in [4.69, 9.17) is 27.9 Å². The lowest BCUT2D eigenvalue weighted by Crippen LogP contribution is -2.39. The molecule has 11 heteroatoms. The van der Waals surface area contributed by atoms with Crippen LogP contribution >= 0.6 is 39.1 Å². The minimum absolute atomic E-state index is 0.0132. The van der Waals surface area contributed by atoms with E-state index < -0.39 is 22.5 Å². The van der Waals surface area contributed by atoms with Crippen LogP contribution < -0.4 is 14.5 Å². The van der Waals surface area contributed by atoms with Gasteiger partial charge >= 0.3 is 0 Å². The van der Waals surface area contributed by atoms with E-state index in [1.54, 1.807) is 30.3 Å². The lowest BCUT2D eigenvalue weighted by molar-refractivity contribution is -0.119. The molecule has 0 aromatic heterocycles. The molecule has 0 spiro atoms. The summed E-state index contributed by atoms with van der Waals surface area (Å²) in [5.74, 6) is -0.121. The quantitative estimate of drug-likeness (QED) is 0.283. The standard InChI is InChI=1S/C23H20BrCl2N3O4S/c1-15-3-7-19(8-4-15)34(31,32)29(21-9-6-18(25)12-20(21)26)14-23(30)28-27-13-16-11-17(24)5-10-22(16)33-2/h3-13H,14H2,1-2H3,(H,28,30)/b27-13+. The summed E-state index contributed by atoms with van der Waals surface area (Å²) in [6.45, 7) is 1.28. The van der Waals surface area contributed by atoms with E-state index in [0.717, 1.165) is 14.3 Å². The average Bonchev–Trinajstić information content (AvgIpc) is 2.78. The number of nitrogens with one attached hydrogen (secondary N) is 1. The van der Waals surface area contributed by atoms with E-state index >= 15 is 0 Å². The highest BCUT2D eigenvalue weighted by Crippen LogP contribution is 2.32. The number of anilines is 1. The average molecular weight is 585 g/mol. The van der Waals surface area contributed by atoms with Crippen molar-refractivity contribution >= 4 is 67.0 Å². The van der Waals surface area contributed by atoms with Crippen LogP contribution in [0.3, 0.4) is 0 Å². The van der Waals surface area contributed by atoms with Crippen molar-refractivity contribution in [1.29, 1.82) is 0 Å². The van der Waals surface area contributed by atoms with Crippen LogP contribution in [-0.2, 0) is 14.8 Å². The van der Waals surface area contributed by atoms with Crippen LogP contribution in [0, 0.1) is 6.92 Å². The van der Waals surface area contributed by atoms with Crippen molar-refractivity contribution in [1.82, 2.24) is 5.43 Å². The molecule has 0 aliphatic carbocycles. The Morgan fingerprint density at radius 2 is 1.82 bits per heavy atom. The highest BCUT2D eigenvalue weighted by molar-refractivity contribution is 9.10. The van der Waals surface area contributed by atoms with Gasteiger partial charge in [0.05, 0.1) is 28.9 Å². The molecule has 0 radical (unpaired) electrons. The smallest absolute Gasteiger partial charge is 0.264 e. The Bertz CT molecular complexity index is 1330. The molecule has 3 aromatic carbocycles. The van der Waals surface area contributed by atoms with Gasteiger partial charge in [-0.1, -0.05) is 56.8 Å². The maximum absolute atomic E-state index is 13.4. The Kier molecular flexibility index (Phi) is 8.59. The third kappa shape index (κ3) is 6.29. The molecule has 0 saturated heterocycles. The van der Waals surface area contributed by atoms with Crippen molar-refractivity contribution in [2.45, 2.75) is 11.8 Å². The molecule has 0 unspecified atom stereocenters. The number of benzene rings is 3. The van der Waals surface area contributed by atoms with Gasteiger partial charge in [0.25, 0.3) is 15.9 Å². The summed E-state index contributed by atoms with van der Waals surface area (Å²) in [6, 6.07) is 15.9. The largest absolute Gasteiger partial charge is 0.496 e. The molecule has 34 heavy (non-hydrogen) atoms. The summed E-state index contributed by atoms with van der Waals surface area (Å²) in [4.78, 5) is 12.7. The summed E-state index contributed by atoms with van der Waals surface area (Å²) in [6.07, 6.45) is 1.40. The van der Waals surface area contributed by atoms with Crippen LogP contribution in [0.5, 0.6) is 5.75 Å². The number of aryl methyl sites for hydroxylation is 1. The highest BCUT2D eigenvalue weighted by Gasteiger charge is 2.28. The molecule has 0 atom stereocenters. The van der Waals surface area contributed by atoms with Crippen molar-refractivity contribution < 1.29 is 17.9 Å². The number of carbonyl (C=O) groups excluding carboxylic acids is 1. The van der Waals surface area contributed by atoms with Crippen LogP contribution in [0.4, 0.5) is 5.69 Å². The van der Waals surface area contributed by atoms with Crippen molar-refractivity contribution in [3.63, 3.8) is 0 Å². The Labute approximate surface area is 216 Å². The number of ether oxygens (including phenoxy) is 1. The molecule has 0 bridgehead atoms. The molecule has 3 aromatic rings. The van der Waals surface area contributed by atoms with Crippen molar-refractivity contribution in [3.8, 4) is 5.75 Å². The first kappa shape index (κ1) is 26.0. The fourth-order valence-corrected chi connectivity index (χ4v) is 5.35. The minimum atomic E-state index is -4.13. The second kappa shape index (κ2) is 11.2. The summed E-state index contributed by atoms with van der Waals surface area (Å²) < 4.78 is 33.8. The molecule has 0 heterocycles. The molecule has 1 N–H and O–H groups in total. The van der Waals surface area contributed by atoms with E-state index in [-0.39, 0.29) is 15.6 Å². The number of methoxy groups -OCH3 is 1. The van der Waals surface area contributed by atoms with Crippen molar-refractivity contribution in [3.05, 3.63) is 86.3 Å². The predicted octanol–water partition coefficient (Wildman–Crippen LogP) is 5.42. The second-order valence-corrected chi connectivity index (χ2v) is 10.7. The van der Waals surface area contributed by atoms with Crippen molar-refractivity contribution in [2.75, 3.05) is 18.0 Å². The number of sulfonamides is 1. The number of rotatable bonds is 8. The van der Waals surface area contributed by atoms with Gasteiger partial charge in [-0.15, -0.1) is 0 Å². The maximum atomic E-state index is 13.4. The van der Waals surface area contributed by atoms with E-state index in [1.807, 2.05) is 6.92 Å². The predicted molar refractivity (Wildman–Crippen MR) is 139 cm³/mol. The van der Waals surface area contributed by atoms with Crippen LogP contribution in [0.25, 0.3) is 0 Å². The Balaban J connectivity index is 1.89. The first-order chi connectivity index (χ1) is 16.1. The van der Waals surface area contributed by atoms with Gasteiger partial charge in [-0.2, -0.15) is 5.10 Å². The van der Waals surface area contributed by atoms with Crippen LogP contribution in [0.1, 0.15) is 11.1 Å². The number of hydrazone groups is 1. The van der Waals surface area contributed by atoms with Gasteiger partial charge < -0.3 is 4.74 Å². The first-order valence-electron chi connectivity index (χ1n) is 9.81. The molecule has 0 fully saturated rings. The van der Waals surface area contributed by atoms with E-state index in [1.165, 1.54) is 43.7 Å². The number of nitrogens with zero attached hydrogens (tertiary/aromatic N) is 2. The van der Waals surface area contributed by atoms with Gasteiger partial charge in [0.2, 0.25) is 0 Å². The molecule has 0 aliphatic rings. The maximum Gasteiger partial charge on any atom is 0.264 e. The zero-order chi connectivity index (χ0) is 24.9. The van der Waals surface area contributed by atoms with Gasteiger partial charge in [0, 0.05) is 15.1 Å². The molecular formula is C23H20BrCl2N3O4S. The first-order valence-corrected chi connectivity index (χ1v) is 12.8. The second-order valence-electron chi connectivity index (χ2n) is 7.10. The summed E-state index contributed by atoms with van der Waals surface area (Å²) in [5, 5.41) is 4.35. The number of hydrogen-bond acceptors (Lipinski definition) is 5. The summed E-state index contributed by atoms with van der Waals surface area (Å²) in [5.41, 5.74) is 3.97. The molecule has 1 amide bonds.